The van der Waals surface area contributed by atoms with Gasteiger partial charge in [0.2, 0.25) is 0 Å². The number of hydrogen-bond donors (Lipinski definition) is 1. The van der Waals surface area contributed by atoms with Crippen molar-refractivity contribution < 1.29 is 0 Å². The lowest BCUT2D eigenvalue weighted by molar-refractivity contribution is 0.789. The van der Waals surface area contributed by atoms with Gasteiger partial charge >= 0.3 is 0 Å². The van der Waals surface area contributed by atoms with Crippen molar-refractivity contribution >= 4 is 0 Å². The number of nitrogens with zero attached hydrogens (tertiary/aromatic N) is 2. The Morgan fingerprint density at radius 3 is 2.73 bits per heavy atom. The van der Waals surface area contributed by atoms with Gasteiger partial charge in [0.1, 0.15) is 11.7 Å². The van der Waals surface area contributed by atoms with Crippen LogP contribution in [0.15, 0.2) is 42.7 Å². The second kappa shape index (κ2) is 4.43. The van der Waals surface area contributed by atoms with Crippen LogP contribution in [0.3, 0.4) is 0 Å². The Labute approximate surface area is 88.4 Å². The molecule has 0 amide bonds. The number of H-pyrrole nitrogens is 1. The van der Waals surface area contributed by atoms with E-state index in [4.69, 9.17) is 5.26 Å². The average Bonchev–Trinajstić information content (AvgIpc) is 2.81. The molecule has 0 aliphatic heterocycles. The Balaban J connectivity index is 2.14. The molecule has 0 fully saturated rings. The molecule has 3 nitrogen and oxygen atoms in total. The molecular weight excluding hydrogens is 186 g/mol. The Hall–Kier alpha value is -2.08. The van der Waals surface area contributed by atoms with Gasteiger partial charge in [-0.3, -0.25) is 0 Å². The Bertz CT molecular complexity index is 439. The van der Waals surface area contributed by atoms with E-state index in [-0.39, 0.29) is 5.92 Å². The van der Waals surface area contributed by atoms with Gasteiger partial charge in [-0.05, 0) is 12.0 Å². The second-order valence-electron chi connectivity index (χ2n) is 3.35. The van der Waals surface area contributed by atoms with Gasteiger partial charge in [0.25, 0.3) is 0 Å². The van der Waals surface area contributed by atoms with Crippen LogP contribution in [0.4, 0.5) is 0 Å². The first kappa shape index (κ1) is 9.47. The van der Waals surface area contributed by atoms with Crippen LogP contribution in [0, 0.1) is 11.3 Å². The lowest BCUT2D eigenvalue weighted by Crippen LogP contribution is -2.02. The maximum absolute atomic E-state index is 9.05. The van der Waals surface area contributed by atoms with Gasteiger partial charge in [-0.25, -0.2) is 4.98 Å². The van der Waals surface area contributed by atoms with Crippen LogP contribution >= 0.6 is 0 Å². The number of aromatic amines is 1. The molecule has 2 rings (SSSR count). The molecule has 74 valence electrons. The number of hydrogen-bond acceptors (Lipinski definition) is 2. The Morgan fingerprint density at radius 2 is 2.13 bits per heavy atom. The van der Waals surface area contributed by atoms with Gasteiger partial charge in [-0.15, -0.1) is 0 Å². The normalized spacial score (nSPS) is 11.9. The lowest BCUT2D eigenvalue weighted by Gasteiger charge is -2.05. The summed E-state index contributed by atoms with van der Waals surface area (Å²) in [4.78, 5) is 7.08. The van der Waals surface area contributed by atoms with Crippen LogP contribution in [0.25, 0.3) is 0 Å². The third-order valence-electron chi connectivity index (χ3n) is 2.29. The summed E-state index contributed by atoms with van der Waals surface area (Å²) in [5, 5.41) is 9.05. The maximum atomic E-state index is 9.05. The molecule has 1 aromatic heterocycles. The summed E-state index contributed by atoms with van der Waals surface area (Å²) in [6, 6.07) is 12.2. The molecule has 1 atom stereocenters. The molecular formula is C12H11N3. The molecule has 0 bridgehead atoms. The quantitative estimate of drug-likeness (QED) is 0.820. The van der Waals surface area contributed by atoms with E-state index in [1.807, 2.05) is 30.3 Å². The van der Waals surface area contributed by atoms with Crippen molar-refractivity contribution in [3.05, 3.63) is 54.1 Å². The van der Waals surface area contributed by atoms with E-state index in [1.54, 1.807) is 12.4 Å². The second-order valence-corrected chi connectivity index (χ2v) is 3.35. The zero-order chi connectivity index (χ0) is 10.5. The largest absolute Gasteiger partial charge is 0.347 e. The summed E-state index contributed by atoms with van der Waals surface area (Å²) < 4.78 is 0. The molecule has 0 aliphatic carbocycles. The summed E-state index contributed by atoms with van der Waals surface area (Å²) in [5.41, 5.74) is 1.15. The molecule has 0 saturated heterocycles. The van der Waals surface area contributed by atoms with Crippen LogP contribution in [-0.2, 0) is 6.42 Å². The van der Waals surface area contributed by atoms with E-state index in [2.05, 4.69) is 16.0 Å². The summed E-state index contributed by atoms with van der Waals surface area (Å²) in [7, 11) is 0. The minimum absolute atomic E-state index is 0.192. The monoisotopic (exact) mass is 197 g/mol. The van der Waals surface area contributed by atoms with Crippen LogP contribution in [-0.4, -0.2) is 9.97 Å². The molecule has 0 aliphatic rings. The first-order valence-corrected chi connectivity index (χ1v) is 4.83. The summed E-state index contributed by atoms with van der Waals surface area (Å²) in [5.74, 6) is 0.545. The van der Waals surface area contributed by atoms with Crippen LogP contribution < -0.4 is 0 Å². The number of nitriles is 1. The molecule has 3 heteroatoms. The van der Waals surface area contributed by atoms with Crippen molar-refractivity contribution in [3.63, 3.8) is 0 Å². The van der Waals surface area contributed by atoms with Crippen molar-refractivity contribution in [1.29, 1.82) is 5.26 Å². The average molecular weight is 197 g/mol. The zero-order valence-electron chi connectivity index (χ0n) is 8.22. The SMILES string of the molecule is N#CC(Cc1ccccc1)c1ncc[nH]1. The minimum Gasteiger partial charge on any atom is -0.347 e. The fourth-order valence-electron chi connectivity index (χ4n) is 1.52. The highest BCUT2D eigenvalue weighted by Gasteiger charge is 2.13. The Kier molecular flexibility index (Phi) is 2.80. The molecule has 0 saturated carbocycles. The highest BCUT2D eigenvalue weighted by Crippen LogP contribution is 2.16. The third-order valence-corrected chi connectivity index (χ3v) is 2.29. The molecule has 0 radical (unpaired) electrons. The fraction of sp³-hybridized carbons (Fsp3) is 0.167. The van der Waals surface area contributed by atoms with E-state index in [1.165, 1.54) is 0 Å². The minimum atomic E-state index is -0.192. The van der Waals surface area contributed by atoms with Gasteiger partial charge in [0.15, 0.2) is 0 Å². The molecule has 15 heavy (non-hydrogen) atoms. The number of benzene rings is 1. The summed E-state index contributed by atoms with van der Waals surface area (Å²) >= 11 is 0. The number of aromatic nitrogens is 2. The molecule has 1 aromatic carbocycles. The van der Waals surface area contributed by atoms with Crippen molar-refractivity contribution in [2.75, 3.05) is 0 Å². The smallest absolute Gasteiger partial charge is 0.123 e. The van der Waals surface area contributed by atoms with Gasteiger partial charge < -0.3 is 4.98 Å². The van der Waals surface area contributed by atoms with Gasteiger partial charge in [-0.2, -0.15) is 5.26 Å². The molecule has 1 heterocycles. The number of rotatable bonds is 3. The van der Waals surface area contributed by atoms with E-state index in [9.17, 15) is 0 Å². The first-order chi connectivity index (χ1) is 7.40. The Morgan fingerprint density at radius 1 is 1.33 bits per heavy atom. The zero-order valence-corrected chi connectivity index (χ0v) is 8.22. The van der Waals surface area contributed by atoms with Crippen molar-refractivity contribution in [2.24, 2.45) is 0 Å². The number of imidazole rings is 1. The summed E-state index contributed by atoms with van der Waals surface area (Å²) in [6.07, 6.45) is 4.11. The molecule has 0 spiro atoms. The molecule has 1 unspecified atom stereocenters. The predicted molar refractivity (Wildman–Crippen MR) is 57.1 cm³/mol. The predicted octanol–water partition coefficient (Wildman–Crippen LogP) is 2.26. The van der Waals surface area contributed by atoms with Crippen LogP contribution in [0.5, 0.6) is 0 Å². The van der Waals surface area contributed by atoms with E-state index in [0.29, 0.717) is 6.42 Å². The molecule has 1 N–H and O–H groups in total. The molecule has 2 aromatic rings. The van der Waals surface area contributed by atoms with E-state index < -0.39 is 0 Å². The standard InChI is InChI=1S/C12H11N3/c13-9-11(12-14-6-7-15-12)8-10-4-2-1-3-5-10/h1-7,11H,8H2,(H,14,15). The van der Waals surface area contributed by atoms with E-state index in [0.717, 1.165) is 11.4 Å². The third kappa shape index (κ3) is 2.23. The summed E-state index contributed by atoms with van der Waals surface area (Å²) in [6.45, 7) is 0. The van der Waals surface area contributed by atoms with Crippen molar-refractivity contribution in [1.82, 2.24) is 9.97 Å². The first-order valence-electron chi connectivity index (χ1n) is 4.83. The van der Waals surface area contributed by atoms with Crippen LogP contribution in [0.2, 0.25) is 0 Å². The van der Waals surface area contributed by atoms with Gasteiger partial charge in [0.05, 0.1) is 6.07 Å². The van der Waals surface area contributed by atoms with E-state index >= 15 is 0 Å². The highest BCUT2D eigenvalue weighted by molar-refractivity contribution is 5.21. The van der Waals surface area contributed by atoms with Crippen LogP contribution in [0.1, 0.15) is 17.3 Å². The van der Waals surface area contributed by atoms with Crippen molar-refractivity contribution in [3.8, 4) is 6.07 Å². The van der Waals surface area contributed by atoms with Crippen molar-refractivity contribution in [2.45, 2.75) is 12.3 Å². The van der Waals surface area contributed by atoms with Gasteiger partial charge in [-0.1, -0.05) is 30.3 Å². The maximum Gasteiger partial charge on any atom is 0.123 e. The topological polar surface area (TPSA) is 52.5 Å². The number of nitrogens with one attached hydrogen (secondary N) is 1. The lowest BCUT2D eigenvalue weighted by atomic mass is 10.0. The van der Waals surface area contributed by atoms with Gasteiger partial charge in [0, 0.05) is 12.4 Å². The fourth-order valence-corrected chi connectivity index (χ4v) is 1.52. The highest BCUT2D eigenvalue weighted by atomic mass is 14.9.